The van der Waals surface area contributed by atoms with E-state index in [4.69, 9.17) is 11.0 Å². The van der Waals surface area contributed by atoms with E-state index < -0.39 is 0 Å². The van der Waals surface area contributed by atoms with E-state index in [9.17, 15) is 4.79 Å². The third-order valence-electron chi connectivity index (χ3n) is 2.49. The summed E-state index contributed by atoms with van der Waals surface area (Å²) in [7, 11) is 0. The van der Waals surface area contributed by atoms with Gasteiger partial charge in [0.1, 0.15) is 11.8 Å². The van der Waals surface area contributed by atoms with E-state index in [1.807, 2.05) is 6.07 Å². The van der Waals surface area contributed by atoms with Crippen molar-refractivity contribution in [3.05, 3.63) is 44.3 Å². The number of anilines is 1. The molecule has 0 radical (unpaired) electrons. The molecule has 0 aliphatic heterocycles. The first kappa shape index (κ1) is 14.7. The topological polar surface area (TPSA) is 91.8 Å². The zero-order valence-electron chi connectivity index (χ0n) is 10.4. The van der Waals surface area contributed by atoms with Gasteiger partial charge >= 0.3 is 0 Å². The molecule has 0 bridgehead atoms. The average Bonchev–Trinajstić information content (AvgIpc) is 2.88. The van der Waals surface area contributed by atoms with Crippen molar-refractivity contribution in [1.29, 1.82) is 5.26 Å². The second kappa shape index (κ2) is 6.61. The second-order valence-electron chi connectivity index (χ2n) is 3.92. The maximum atomic E-state index is 12.1. The van der Waals surface area contributed by atoms with Crippen molar-refractivity contribution in [2.24, 2.45) is 5.73 Å². The number of carbonyl (C=O) groups is 1. The number of aromatic nitrogens is 1. The summed E-state index contributed by atoms with van der Waals surface area (Å²) in [5.41, 5.74) is 6.64. The summed E-state index contributed by atoms with van der Waals surface area (Å²) in [5.74, 6) is -0.334. The highest BCUT2D eigenvalue weighted by Crippen LogP contribution is 2.21. The van der Waals surface area contributed by atoms with Crippen LogP contribution in [0.25, 0.3) is 0 Å². The molecule has 0 aliphatic rings. The predicted octanol–water partition coefficient (Wildman–Crippen LogP) is 2.53. The van der Waals surface area contributed by atoms with Gasteiger partial charge in [-0.2, -0.15) is 5.26 Å². The molecule has 1 heterocycles. The number of nitrogens with two attached hydrogens (primary N) is 1. The first-order chi connectivity index (χ1) is 9.63. The van der Waals surface area contributed by atoms with Gasteiger partial charge < -0.3 is 11.1 Å². The Bertz CT molecular complexity index is 677. The molecule has 0 saturated carbocycles. The Hall–Kier alpha value is -1.75. The first-order valence-corrected chi connectivity index (χ1v) is 7.46. The number of carbonyl (C=O) groups excluding carboxylic acids is 1. The Balaban J connectivity index is 2.19. The molecule has 1 amide bonds. The van der Waals surface area contributed by atoms with Gasteiger partial charge in [-0.3, -0.25) is 4.79 Å². The molecule has 0 saturated heterocycles. The van der Waals surface area contributed by atoms with E-state index in [0.717, 1.165) is 9.48 Å². The monoisotopic (exact) mass is 350 g/mol. The molecule has 3 N–H and O–H groups in total. The molecular weight excluding hydrogens is 340 g/mol. The van der Waals surface area contributed by atoms with E-state index in [0.29, 0.717) is 29.9 Å². The minimum absolute atomic E-state index is 0.334. The van der Waals surface area contributed by atoms with Gasteiger partial charge in [-0.15, -0.1) is 11.3 Å². The molecule has 2 aromatic rings. The van der Waals surface area contributed by atoms with Crippen molar-refractivity contribution in [3.8, 4) is 6.07 Å². The molecule has 20 heavy (non-hydrogen) atoms. The van der Waals surface area contributed by atoms with Gasteiger partial charge in [0.15, 0.2) is 0 Å². The summed E-state index contributed by atoms with van der Waals surface area (Å²) < 4.78 is 0.786. The van der Waals surface area contributed by atoms with Crippen molar-refractivity contribution in [3.63, 3.8) is 0 Å². The number of nitrogens with zero attached hydrogens (tertiary/aromatic N) is 2. The summed E-state index contributed by atoms with van der Waals surface area (Å²) in [5, 5.41) is 14.2. The molecule has 0 unspecified atom stereocenters. The normalized spacial score (nSPS) is 10.1. The SMILES string of the molecule is N#Cc1ccc(Br)cc1NC(=O)c1csc(CCN)n1. The van der Waals surface area contributed by atoms with Gasteiger partial charge in [0.2, 0.25) is 0 Å². The number of thiazole rings is 1. The Labute approximate surface area is 128 Å². The number of rotatable bonds is 4. The summed E-state index contributed by atoms with van der Waals surface area (Å²) in [4.78, 5) is 16.3. The number of amides is 1. The number of halogens is 1. The standard InChI is InChI=1S/C13H11BrN4OS/c14-9-2-1-8(6-16)10(5-9)18-13(19)11-7-20-12(17-11)3-4-15/h1-2,5,7H,3-4,15H2,(H,18,19). The Morgan fingerprint density at radius 2 is 2.35 bits per heavy atom. The highest BCUT2D eigenvalue weighted by atomic mass is 79.9. The molecule has 102 valence electrons. The lowest BCUT2D eigenvalue weighted by atomic mass is 10.2. The zero-order valence-corrected chi connectivity index (χ0v) is 12.8. The smallest absolute Gasteiger partial charge is 0.275 e. The lowest BCUT2D eigenvalue weighted by Gasteiger charge is -2.05. The fourth-order valence-corrected chi connectivity index (χ4v) is 2.71. The maximum Gasteiger partial charge on any atom is 0.275 e. The number of benzene rings is 1. The van der Waals surface area contributed by atoms with E-state index >= 15 is 0 Å². The molecule has 7 heteroatoms. The van der Waals surface area contributed by atoms with Crippen LogP contribution in [0, 0.1) is 11.3 Å². The molecule has 5 nitrogen and oxygen atoms in total. The lowest BCUT2D eigenvalue weighted by molar-refractivity contribution is 0.102. The van der Waals surface area contributed by atoms with E-state index in [1.54, 1.807) is 23.6 Å². The van der Waals surface area contributed by atoms with Crippen molar-refractivity contribution < 1.29 is 4.79 Å². The highest BCUT2D eigenvalue weighted by Gasteiger charge is 2.13. The zero-order chi connectivity index (χ0) is 14.5. The molecule has 0 fully saturated rings. The number of nitriles is 1. The summed E-state index contributed by atoms with van der Waals surface area (Å²) in [6.07, 6.45) is 0.651. The van der Waals surface area contributed by atoms with Gasteiger partial charge in [-0.25, -0.2) is 4.98 Å². The van der Waals surface area contributed by atoms with Crippen LogP contribution in [0.5, 0.6) is 0 Å². The third-order valence-corrected chi connectivity index (χ3v) is 3.89. The number of hydrogen-bond acceptors (Lipinski definition) is 5. The average molecular weight is 351 g/mol. The van der Waals surface area contributed by atoms with Gasteiger partial charge in [0, 0.05) is 16.3 Å². The van der Waals surface area contributed by atoms with Crippen LogP contribution in [0.4, 0.5) is 5.69 Å². The molecule has 1 aromatic carbocycles. The largest absolute Gasteiger partial charge is 0.330 e. The van der Waals surface area contributed by atoms with Gasteiger partial charge in [-0.05, 0) is 24.7 Å². The van der Waals surface area contributed by atoms with Crippen LogP contribution in [0.2, 0.25) is 0 Å². The lowest BCUT2D eigenvalue weighted by Crippen LogP contribution is -2.13. The molecule has 1 aromatic heterocycles. The molecule has 0 spiro atoms. The van der Waals surface area contributed by atoms with Crippen LogP contribution >= 0.6 is 27.3 Å². The Morgan fingerprint density at radius 3 is 3.05 bits per heavy atom. The van der Waals surface area contributed by atoms with Crippen LogP contribution in [0.15, 0.2) is 28.1 Å². The molecule has 2 rings (SSSR count). The van der Waals surface area contributed by atoms with Crippen molar-refractivity contribution >= 4 is 38.9 Å². The number of nitrogens with one attached hydrogen (secondary N) is 1. The van der Waals surface area contributed by atoms with Crippen molar-refractivity contribution in [2.45, 2.75) is 6.42 Å². The van der Waals surface area contributed by atoms with Gasteiger partial charge in [0.25, 0.3) is 5.91 Å². The van der Waals surface area contributed by atoms with Gasteiger partial charge in [-0.1, -0.05) is 15.9 Å². The quantitative estimate of drug-likeness (QED) is 0.885. The van der Waals surface area contributed by atoms with Crippen LogP contribution < -0.4 is 11.1 Å². The number of hydrogen-bond donors (Lipinski definition) is 2. The summed E-state index contributed by atoms with van der Waals surface area (Å²) in [6, 6.07) is 7.11. The predicted molar refractivity (Wildman–Crippen MR) is 81.7 cm³/mol. The highest BCUT2D eigenvalue weighted by molar-refractivity contribution is 9.10. The van der Waals surface area contributed by atoms with Crippen molar-refractivity contribution in [2.75, 3.05) is 11.9 Å². The van der Waals surface area contributed by atoms with Crippen molar-refractivity contribution in [1.82, 2.24) is 4.98 Å². The first-order valence-electron chi connectivity index (χ1n) is 5.79. The van der Waals surface area contributed by atoms with E-state index in [1.165, 1.54) is 11.3 Å². The van der Waals surface area contributed by atoms with Crippen LogP contribution in [-0.2, 0) is 6.42 Å². The van der Waals surface area contributed by atoms with Crippen LogP contribution in [0.1, 0.15) is 21.1 Å². The Kier molecular flexibility index (Phi) is 4.84. The maximum absolute atomic E-state index is 12.1. The van der Waals surface area contributed by atoms with E-state index in [2.05, 4.69) is 26.2 Å². The molecular formula is C13H11BrN4OS. The minimum atomic E-state index is -0.334. The summed E-state index contributed by atoms with van der Waals surface area (Å²) in [6.45, 7) is 0.499. The second-order valence-corrected chi connectivity index (χ2v) is 5.78. The molecule has 0 aliphatic carbocycles. The Morgan fingerprint density at radius 1 is 1.55 bits per heavy atom. The fraction of sp³-hybridized carbons (Fsp3) is 0.154. The molecule has 0 atom stereocenters. The van der Waals surface area contributed by atoms with Crippen LogP contribution in [0.3, 0.4) is 0 Å². The fourth-order valence-electron chi connectivity index (χ4n) is 1.56. The summed E-state index contributed by atoms with van der Waals surface area (Å²) >= 11 is 4.71. The van der Waals surface area contributed by atoms with E-state index in [-0.39, 0.29) is 5.91 Å². The third kappa shape index (κ3) is 3.42. The van der Waals surface area contributed by atoms with Crippen LogP contribution in [-0.4, -0.2) is 17.4 Å². The van der Waals surface area contributed by atoms with Gasteiger partial charge in [0.05, 0.1) is 16.3 Å². The minimum Gasteiger partial charge on any atom is -0.330 e.